The van der Waals surface area contributed by atoms with Crippen molar-refractivity contribution in [2.75, 3.05) is 26.3 Å². The van der Waals surface area contributed by atoms with Gasteiger partial charge in [0.15, 0.2) is 11.8 Å². The fourth-order valence-electron chi connectivity index (χ4n) is 4.32. The maximum atomic E-state index is 5.63. The largest absolute Gasteiger partial charge is 0.382 e. The zero-order chi connectivity index (χ0) is 19.0. The summed E-state index contributed by atoms with van der Waals surface area (Å²) in [5.74, 6) is 2.98. The van der Waals surface area contributed by atoms with Gasteiger partial charge in [-0.2, -0.15) is 0 Å². The third-order valence-corrected chi connectivity index (χ3v) is 5.93. The Bertz CT molecular complexity index is 606. The van der Waals surface area contributed by atoms with Crippen molar-refractivity contribution < 1.29 is 4.74 Å². The molecular weight excluding hydrogens is 340 g/mol. The molecule has 3 rings (SSSR count). The van der Waals surface area contributed by atoms with Crippen LogP contribution in [0.25, 0.3) is 0 Å². The molecule has 2 N–H and O–H groups in total. The van der Waals surface area contributed by atoms with Crippen molar-refractivity contribution in [3.63, 3.8) is 0 Å². The summed E-state index contributed by atoms with van der Waals surface area (Å²) in [5.41, 5.74) is 0.347. The van der Waals surface area contributed by atoms with Crippen molar-refractivity contribution in [3.8, 4) is 0 Å². The fraction of sp³-hybridized carbons (Fsp3) is 0.850. The summed E-state index contributed by atoms with van der Waals surface area (Å²) in [6.45, 7) is 9.26. The second-order valence-electron chi connectivity index (χ2n) is 7.84. The van der Waals surface area contributed by atoms with E-state index in [0.717, 1.165) is 63.3 Å². The van der Waals surface area contributed by atoms with Gasteiger partial charge >= 0.3 is 0 Å². The first kappa shape index (κ1) is 20.1. The molecule has 2 heterocycles. The first-order valence-electron chi connectivity index (χ1n) is 10.8. The number of aliphatic imine (C=N–C) groups is 1. The van der Waals surface area contributed by atoms with Crippen LogP contribution in [0.15, 0.2) is 4.99 Å². The van der Waals surface area contributed by atoms with Crippen molar-refractivity contribution in [2.45, 2.75) is 78.3 Å². The van der Waals surface area contributed by atoms with Crippen LogP contribution in [0.3, 0.4) is 0 Å². The normalized spacial score (nSPS) is 19.1. The highest BCUT2D eigenvalue weighted by Gasteiger charge is 2.33. The summed E-state index contributed by atoms with van der Waals surface area (Å²) in [5, 5.41) is 15.7. The van der Waals surface area contributed by atoms with E-state index in [1.807, 2.05) is 0 Å². The van der Waals surface area contributed by atoms with Gasteiger partial charge in [-0.1, -0.05) is 12.8 Å². The molecule has 0 saturated heterocycles. The average molecular weight is 377 g/mol. The Kier molecular flexibility index (Phi) is 7.50. The van der Waals surface area contributed by atoms with Crippen LogP contribution in [-0.4, -0.2) is 47.0 Å². The molecule has 1 aromatic heterocycles. The van der Waals surface area contributed by atoms with Gasteiger partial charge in [0.1, 0.15) is 12.4 Å². The van der Waals surface area contributed by atoms with E-state index in [2.05, 4.69) is 39.2 Å². The van der Waals surface area contributed by atoms with Crippen molar-refractivity contribution in [1.82, 2.24) is 25.4 Å². The molecule has 1 aliphatic carbocycles. The van der Waals surface area contributed by atoms with Crippen LogP contribution < -0.4 is 10.6 Å². The van der Waals surface area contributed by atoms with Gasteiger partial charge in [0.25, 0.3) is 0 Å². The summed E-state index contributed by atoms with van der Waals surface area (Å²) >= 11 is 0. The third kappa shape index (κ3) is 5.43. The number of hydrogen-bond donors (Lipinski definition) is 2. The molecule has 0 spiro atoms. The third-order valence-electron chi connectivity index (χ3n) is 5.93. The van der Waals surface area contributed by atoms with Gasteiger partial charge < -0.3 is 19.9 Å². The van der Waals surface area contributed by atoms with E-state index in [9.17, 15) is 0 Å². The molecule has 0 atom stereocenters. The predicted octanol–water partition coefficient (Wildman–Crippen LogP) is 2.66. The van der Waals surface area contributed by atoms with Crippen molar-refractivity contribution >= 4 is 5.96 Å². The van der Waals surface area contributed by atoms with Gasteiger partial charge in [-0.05, 0) is 51.4 Å². The van der Waals surface area contributed by atoms with Gasteiger partial charge in [-0.15, -0.1) is 10.2 Å². The summed E-state index contributed by atoms with van der Waals surface area (Å²) in [6, 6.07) is 0. The highest BCUT2D eigenvalue weighted by atomic mass is 16.5. The molecule has 7 heteroatoms. The van der Waals surface area contributed by atoms with E-state index in [1.54, 1.807) is 0 Å². The van der Waals surface area contributed by atoms with E-state index < -0.39 is 0 Å². The maximum absolute atomic E-state index is 5.63. The Labute approximate surface area is 163 Å². The molecule has 152 valence electrons. The van der Waals surface area contributed by atoms with Crippen LogP contribution in [0, 0.1) is 5.41 Å². The van der Waals surface area contributed by atoms with Crippen LogP contribution in [0.4, 0.5) is 0 Å². The Hall–Kier alpha value is -1.63. The lowest BCUT2D eigenvalue weighted by atomic mass is 9.83. The Morgan fingerprint density at radius 1 is 1.15 bits per heavy atom. The quantitative estimate of drug-likeness (QED) is 0.394. The molecule has 0 bridgehead atoms. The average Bonchev–Trinajstić information content (AvgIpc) is 3.32. The first-order valence-corrected chi connectivity index (χ1v) is 10.8. The Balaban J connectivity index is 1.59. The van der Waals surface area contributed by atoms with Crippen LogP contribution in [0.5, 0.6) is 0 Å². The number of nitrogens with zero attached hydrogens (tertiary/aromatic N) is 4. The second-order valence-corrected chi connectivity index (χ2v) is 7.84. The molecule has 0 unspecified atom stereocenters. The summed E-state index contributed by atoms with van der Waals surface area (Å²) in [6.07, 6.45) is 9.81. The lowest BCUT2D eigenvalue weighted by Gasteiger charge is -2.30. The molecule has 1 fully saturated rings. The minimum atomic E-state index is 0.347. The topological polar surface area (TPSA) is 76.4 Å². The predicted molar refractivity (Wildman–Crippen MR) is 108 cm³/mol. The summed E-state index contributed by atoms with van der Waals surface area (Å²) < 4.78 is 7.88. The molecule has 0 amide bonds. The molecule has 1 aromatic rings. The first-order chi connectivity index (χ1) is 13.3. The SMILES string of the molecule is CCNC(=NCc1nnc2n1CCCC2)NCC1(CCOCC)CCCC1. The zero-order valence-corrected chi connectivity index (χ0v) is 17.1. The second kappa shape index (κ2) is 10.1. The van der Waals surface area contributed by atoms with Crippen LogP contribution in [-0.2, 0) is 24.2 Å². The van der Waals surface area contributed by atoms with Gasteiger partial charge in [-0.25, -0.2) is 4.99 Å². The lowest BCUT2D eigenvalue weighted by Crippen LogP contribution is -2.43. The van der Waals surface area contributed by atoms with Crippen LogP contribution in [0.2, 0.25) is 0 Å². The fourth-order valence-corrected chi connectivity index (χ4v) is 4.32. The van der Waals surface area contributed by atoms with Crippen LogP contribution >= 0.6 is 0 Å². The minimum absolute atomic E-state index is 0.347. The van der Waals surface area contributed by atoms with Crippen LogP contribution in [0.1, 0.15) is 70.4 Å². The number of aromatic nitrogens is 3. The maximum Gasteiger partial charge on any atom is 0.191 e. The van der Waals surface area contributed by atoms with E-state index >= 15 is 0 Å². The van der Waals surface area contributed by atoms with Crippen molar-refractivity contribution in [1.29, 1.82) is 0 Å². The molecule has 7 nitrogen and oxygen atoms in total. The standard InChI is InChI=1S/C20H36N6O/c1-3-21-19(22-15-18-25-24-17-9-5-8-13-26(17)18)23-16-20(10-6-7-11-20)12-14-27-4-2/h3-16H2,1-2H3,(H2,21,22,23). The zero-order valence-electron chi connectivity index (χ0n) is 17.1. The minimum Gasteiger partial charge on any atom is -0.382 e. The number of rotatable bonds is 9. The molecule has 0 aromatic carbocycles. The molecule has 0 radical (unpaired) electrons. The van der Waals surface area contributed by atoms with E-state index in [4.69, 9.17) is 9.73 Å². The highest BCUT2D eigenvalue weighted by molar-refractivity contribution is 5.79. The Morgan fingerprint density at radius 2 is 2.00 bits per heavy atom. The number of nitrogens with one attached hydrogen (secondary N) is 2. The Morgan fingerprint density at radius 3 is 2.78 bits per heavy atom. The van der Waals surface area contributed by atoms with E-state index in [1.165, 1.54) is 38.5 Å². The van der Waals surface area contributed by atoms with Crippen molar-refractivity contribution in [2.24, 2.45) is 10.4 Å². The number of guanidine groups is 1. The number of aryl methyl sites for hydroxylation is 1. The summed E-state index contributed by atoms with van der Waals surface area (Å²) in [7, 11) is 0. The van der Waals surface area contributed by atoms with Gasteiger partial charge in [0, 0.05) is 39.3 Å². The lowest BCUT2D eigenvalue weighted by molar-refractivity contribution is 0.105. The highest BCUT2D eigenvalue weighted by Crippen LogP contribution is 2.40. The summed E-state index contributed by atoms with van der Waals surface area (Å²) in [4.78, 5) is 4.79. The number of fused-ring (bicyclic) bond motifs is 1. The van der Waals surface area contributed by atoms with E-state index in [-0.39, 0.29) is 0 Å². The molecule has 27 heavy (non-hydrogen) atoms. The van der Waals surface area contributed by atoms with Gasteiger partial charge in [0.2, 0.25) is 0 Å². The number of hydrogen-bond acceptors (Lipinski definition) is 4. The van der Waals surface area contributed by atoms with Gasteiger partial charge in [0.05, 0.1) is 0 Å². The number of ether oxygens (including phenoxy) is 1. The van der Waals surface area contributed by atoms with Crippen molar-refractivity contribution in [3.05, 3.63) is 11.6 Å². The van der Waals surface area contributed by atoms with Gasteiger partial charge in [-0.3, -0.25) is 0 Å². The van der Waals surface area contributed by atoms with E-state index in [0.29, 0.717) is 12.0 Å². The smallest absolute Gasteiger partial charge is 0.191 e. The molecular formula is C20H36N6O. The monoisotopic (exact) mass is 376 g/mol. The molecule has 1 aliphatic heterocycles. The molecule has 1 saturated carbocycles. The molecule has 2 aliphatic rings.